The Hall–Kier alpha value is -1.55. The zero-order valence-electron chi connectivity index (χ0n) is 10.2. The molecule has 0 saturated heterocycles. The van der Waals surface area contributed by atoms with E-state index in [4.69, 9.17) is 5.73 Å². The molecule has 4 nitrogen and oxygen atoms in total. The van der Waals surface area contributed by atoms with Crippen LogP contribution in [0.5, 0.6) is 5.75 Å². The number of nitrogens with two attached hydrogens (primary N) is 1. The van der Waals surface area contributed by atoms with Crippen molar-refractivity contribution < 1.29 is 15.0 Å². The second-order valence-electron chi connectivity index (χ2n) is 4.67. The van der Waals surface area contributed by atoms with Gasteiger partial charge in [-0.1, -0.05) is 26.0 Å². The molecule has 0 aromatic heterocycles. The molecule has 1 aromatic rings. The average molecular weight is 237 g/mol. The second kappa shape index (κ2) is 5.19. The van der Waals surface area contributed by atoms with Crippen molar-refractivity contribution in [2.24, 2.45) is 17.1 Å². The van der Waals surface area contributed by atoms with E-state index in [0.29, 0.717) is 6.42 Å². The van der Waals surface area contributed by atoms with Crippen molar-refractivity contribution in [2.45, 2.75) is 20.3 Å². The van der Waals surface area contributed by atoms with Gasteiger partial charge in [0.2, 0.25) is 0 Å². The average Bonchev–Trinajstić information content (AvgIpc) is 2.25. The van der Waals surface area contributed by atoms with Crippen molar-refractivity contribution in [3.05, 3.63) is 29.8 Å². The Morgan fingerprint density at radius 2 is 2.12 bits per heavy atom. The lowest BCUT2D eigenvalue weighted by atomic mass is 9.72. The Kier molecular flexibility index (Phi) is 4.12. The molecular formula is C13H19NO3. The lowest BCUT2D eigenvalue weighted by Gasteiger charge is -2.32. The summed E-state index contributed by atoms with van der Waals surface area (Å²) in [4.78, 5) is 11.4. The van der Waals surface area contributed by atoms with Crippen LogP contribution >= 0.6 is 0 Å². The van der Waals surface area contributed by atoms with Crippen LogP contribution in [0.3, 0.4) is 0 Å². The summed E-state index contributed by atoms with van der Waals surface area (Å²) in [6, 6.07) is 6.64. The molecule has 0 aliphatic rings. The van der Waals surface area contributed by atoms with Crippen molar-refractivity contribution in [3.8, 4) is 5.75 Å². The zero-order chi connectivity index (χ0) is 13.1. The molecule has 1 rings (SSSR count). The van der Waals surface area contributed by atoms with Gasteiger partial charge >= 0.3 is 5.97 Å². The molecular weight excluding hydrogens is 218 g/mol. The van der Waals surface area contributed by atoms with Crippen molar-refractivity contribution in [2.75, 3.05) is 6.54 Å². The fraction of sp³-hybridized carbons (Fsp3) is 0.462. The van der Waals surface area contributed by atoms with Gasteiger partial charge in [0.1, 0.15) is 5.75 Å². The zero-order valence-corrected chi connectivity index (χ0v) is 10.2. The summed E-state index contributed by atoms with van der Waals surface area (Å²) in [5, 5.41) is 18.8. The molecule has 0 amide bonds. The Balaban J connectivity index is 3.06. The highest BCUT2D eigenvalue weighted by molar-refractivity contribution is 5.75. The predicted molar refractivity (Wildman–Crippen MR) is 65.8 cm³/mol. The summed E-state index contributed by atoms with van der Waals surface area (Å²) in [5.41, 5.74) is 5.46. The van der Waals surface area contributed by atoms with E-state index in [0.717, 1.165) is 5.56 Å². The van der Waals surface area contributed by atoms with Crippen LogP contribution in [0.1, 0.15) is 19.4 Å². The van der Waals surface area contributed by atoms with Crippen LogP contribution in [0.4, 0.5) is 0 Å². The van der Waals surface area contributed by atoms with Crippen LogP contribution < -0.4 is 5.73 Å². The number of benzene rings is 1. The van der Waals surface area contributed by atoms with Gasteiger partial charge in [0.15, 0.2) is 0 Å². The molecule has 0 fully saturated rings. The SMILES string of the molecule is CC(C)C(CN)(Cc1cccc(O)c1)C(=O)O. The first kappa shape index (κ1) is 13.5. The molecule has 0 bridgehead atoms. The molecule has 1 atom stereocenters. The molecule has 1 aromatic carbocycles. The molecule has 0 radical (unpaired) electrons. The molecule has 1 unspecified atom stereocenters. The number of phenolic OH excluding ortho intramolecular Hbond substituents is 1. The first-order valence-electron chi connectivity index (χ1n) is 5.63. The van der Waals surface area contributed by atoms with Crippen LogP contribution in [0.25, 0.3) is 0 Å². The number of aromatic hydroxyl groups is 1. The molecule has 17 heavy (non-hydrogen) atoms. The highest BCUT2D eigenvalue weighted by Crippen LogP contribution is 2.32. The third-order valence-electron chi connectivity index (χ3n) is 3.33. The minimum atomic E-state index is -0.978. The van der Waals surface area contributed by atoms with Gasteiger partial charge in [-0.15, -0.1) is 0 Å². The van der Waals surface area contributed by atoms with Crippen LogP contribution in [0.2, 0.25) is 0 Å². The van der Waals surface area contributed by atoms with Crippen LogP contribution in [-0.2, 0) is 11.2 Å². The Bertz CT molecular complexity index is 403. The van der Waals surface area contributed by atoms with E-state index in [9.17, 15) is 15.0 Å². The monoisotopic (exact) mass is 237 g/mol. The predicted octanol–water partition coefficient (Wildman–Crippen LogP) is 1.62. The van der Waals surface area contributed by atoms with E-state index < -0.39 is 11.4 Å². The number of rotatable bonds is 5. The number of carboxylic acid groups (broad SMARTS) is 1. The summed E-state index contributed by atoms with van der Waals surface area (Å²) in [6.07, 6.45) is 0.324. The molecule has 4 heteroatoms. The van der Waals surface area contributed by atoms with Gasteiger partial charge in [-0.2, -0.15) is 0 Å². The largest absolute Gasteiger partial charge is 0.508 e. The van der Waals surface area contributed by atoms with Crippen molar-refractivity contribution in [3.63, 3.8) is 0 Å². The molecule has 0 aliphatic carbocycles. The van der Waals surface area contributed by atoms with Crippen molar-refractivity contribution in [1.82, 2.24) is 0 Å². The summed E-state index contributed by atoms with van der Waals surface area (Å²) in [5.74, 6) is -0.826. The molecule has 94 valence electrons. The summed E-state index contributed by atoms with van der Waals surface area (Å²) in [7, 11) is 0. The standard InChI is InChI=1S/C13H19NO3/c1-9(2)13(8-14,12(16)17)7-10-4-3-5-11(15)6-10/h3-6,9,15H,7-8,14H2,1-2H3,(H,16,17). The number of carboxylic acids is 1. The third kappa shape index (κ3) is 2.77. The van der Waals surface area contributed by atoms with Gasteiger partial charge in [-0.3, -0.25) is 4.79 Å². The van der Waals surface area contributed by atoms with E-state index in [1.807, 2.05) is 13.8 Å². The number of phenols is 1. The van der Waals surface area contributed by atoms with Crippen LogP contribution in [0.15, 0.2) is 24.3 Å². The topological polar surface area (TPSA) is 83.5 Å². The Morgan fingerprint density at radius 1 is 1.47 bits per heavy atom. The van der Waals surface area contributed by atoms with Gasteiger partial charge in [-0.25, -0.2) is 0 Å². The minimum Gasteiger partial charge on any atom is -0.508 e. The lowest BCUT2D eigenvalue weighted by molar-refractivity contribution is -0.151. The maximum Gasteiger partial charge on any atom is 0.311 e. The van der Waals surface area contributed by atoms with E-state index >= 15 is 0 Å². The molecule has 0 spiro atoms. The Labute approximate surface area is 101 Å². The van der Waals surface area contributed by atoms with Gasteiger partial charge in [0.05, 0.1) is 5.41 Å². The highest BCUT2D eigenvalue weighted by Gasteiger charge is 2.40. The summed E-state index contributed by atoms with van der Waals surface area (Å²) < 4.78 is 0. The number of hydrogen-bond donors (Lipinski definition) is 3. The smallest absolute Gasteiger partial charge is 0.311 e. The first-order valence-corrected chi connectivity index (χ1v) is 5.63. The fourth-order valence-corrected chi connectivity index (χ4v) is 1.95. The van der Waals surface area contributed by atoms with E-state index in [1.165, 1.54) is 0 Å². The maximum atomic E-state index is 11.4. The number of aliphatic carboxylic acids is 1. The number of hydrogen-bond acceptors (Lipinski definition) is 3. The van der Waals surface area contributed by atoms with Gasteiger partial charge in [-0.05, 0) is 30.0 Å². The van der Waals surface area contributed by atoms with Gasteiger partial charge in [0.25, 0.3) is 0 Å². The second-order valence-corrected chi connectivity index (χ2v) is 4.67. The molecule has 0 saturated carbocycles. The normalized spacial score (nSPS) is 14.6. The summed E-state index contributed by atoms with van der Waals surface area (Å²) >= 11 is 0. The van der Waals surface area contributed by atoms with Crippen LogP contribution in [-0.4, -0.2) is 22.7 Å². The van der Waals surface area contributed by atoms with Gasteiger partial charge in [0, 0.05) is 6.54 Å². The number of carbonyl (C=O) groups is 1. The first-order chi connectivity index (χ1) is 7.92. The van der Waals surface area contributed by atoms with Crippen molar-refractivity contribution >= 4 is 5.97 Å². The van der Waals surface area contributed by atoms with Crippen LogP contribution in [0, 0.1) is 11.3 Å². The van der Waals surface area contributed by atoms with E-state index in [-0.39, 0.29) is 18.2 Å². The van der Waals surface area contributed by atoms with E-state index in [1.54, 1.807) is 24.3 Å². The molecule has 4 N–H and O–H groups in total. The Morgan fingerprint density at radius 3 is 2.53 bits per heavy atom. The minimum absolute atomic E-state index is 0.0765. The lowest BCUT2D eigenvalue weighted by Crippen LogP contribution is -2.45. The van der Waals surface area contributed by atoms with Crippen molar-refractivity contribution in [1.29, 1.82) is 0 Å². The van der Waals surface area contributed by atoms with Gasteiger partial charge < -0.3 is 15.9 Å². The summed E-state index contributed by atoms with van der Waals surface area (Å²) in [6.45, 7) is 3.78. The highest BCUT2D eigenvalue weighted by atomic mass is 16.4. The fourth-order valence-electron chi connectivity index (χ4n) is 1.95. The van der Waals surface area contributed by atoms with E-state index in [2.05, 4.69) is 0 Å². The quantitative estimate of drug-likeness (QED) is 0.726. The molecule has 0 aliphatic heterocycles. The third-order valence-corrected chi connectivity index (χ3v) is 3.33. The maximum absolute atomic E-state index is 11.4. The molecule has 0 heterocycles.